The summed E-state index contributed by atoms with van der Waals surface area (Å²) in [5, 5.41) is 12.6. The molecule has 1 amide bonds. The van der Waals surface area contributed by atoms with Crippen molar-refractivity contribution in [2.75, 3.05) is 16.8 Å². The fraction of sp³-hybridized carbons (Fsp3) is 0.158. The first-order valence-electron chi connectivity index (χ1n) is 8.80. The van der Waals surface area contributed by atoms with E-state index in [0.717, 1.165) is 22.4 Å². The van der Waals surface area contributed by atoms with Crippen LogP contribution in [0, 0.1) is 0 Å². The van der Waals surface area contributed by atoms with Crippen LogP contribution in [0.3, 0.4) is 0 Å². The molecule has 3 N–H and O–H groups in total. The molecule has 0 unspecified atom stereocenters. The van der Waals surface area contributed by atoms with E-state index in [1.54, 1.807) is 10.6 Å². The first-order valence-corrected chi connectivity index (χ1v) is 11.0. The van der Waals surface area contributed by atoms with Gasteiger partial charge in [-0.2, -0.15) is 0 Å². The molecule has 2 aromatic heterocycles. The minimum absolute atomic E-state index is 0.0170. The zero-order chi connectivity index (χ0) is 20.2. The molecule has 0 spiro atoms. The van der Waals surface area contributed by atoms with Crippen LogP contribution in [0.25, 0.3) is 10.2 Å². The van der Waals surface area contributed by atoms with Gasteiger partial charge in [-0.3, -0.25) is 9.36 Å². The second-order valence-corrected chi connectivity index (χ2v) is 8.72. The maximum Gasteiger partial charge on any atom is 0.246 e. The monoisotopic (exact) mass is 444 g/mol. The van der Waals surface area contributed by atoms with E-state index < -0.39 is 0 Å². The highest BCUT2D eigenvalue weighted by molar-refractivity contribution is 7.99. The molecule has 0 fully saturated rings. The summed E-state index contributed by atoms with van der Waals surface area (Å²) in [6.45, 7) is 0.0170. The predicted molar refractivity (Wildman–Crippen MR) is 119 cm³/mol. The number of nitrogens with two attached hydrogens (primary N) is 1. The summed E-state index contributed by atoms with van der Waals surface area (Å²) >= 11 is 8.89. The number of aromatic nitrogens is 4. The summed E-state index contributed by atoms with van der Waals surface area (Å²) in [7, 11) is 0. The predicted octanol–water partition coefficient (Wildman–Crippen LogP) is 4.10. The van der Waals surface area contributed by atoms with E-state index >= 15 is 0 Å². The van der Waals surface area contributed by atoms with E-state index in [1.807, 2.05) is 30.3 Å². The standard InChI is InChI=1S/C19H17ClN6OS2/c20-13-6-7-14-15(10-13)29-18(22-14)23-16(27)11-26-17(21)24-25-19(26)28-9-8-12-4-2-1-3-5-12/h1-7,10H,8-9,11H2,(H2,21,24)(H,22,23,27). The number of nitrogen functional groups attached to an aromatic ring is 1. The van der Waals surface area contributed by atoms with Crippen molar-refractivity contribution in [2.24, 2.45) is 0 Å². The Labute approximate surface area is 180 Å². The molecule has 10 heteroatoms. The lowest BCUT2D eigenvalue weighted by molar-refractivity contribution is -0.116. The second kappa shape index (κ2) is 8.81. The van der Waals surface area contributed by atoms with Gasteiger partial charge < -0.3 is 11.1 Å². The van der Waals surface area contributed by atoms with Gasteiger partial charge in [0.1, 0.15) is 6.54 Å². The Morgan fingerprint density at radius 1 is 1.21 bits per heavy atom. The summed E-state index contributed by atoms with van der Waals surface area (Å²) in [5.74, 6) is 0.771. The van der Waals surface area contributed by atoms with Gasteiger partial charge >= 0.3 is 0 Å². The van der Waals surface area contributed by atoms with Crippen LogP contribution < -0.4 is 11.1 Å². The van der Waals surface area contributed by atoms with Crippen molar-refractivity contribution in [3.63, 3.8) is 0 Å². The van der Waals surface area contributed by atoms with Crippen LogP contribution >= 0.6 is 34.7 Å². The smallest absolute Gasteiger partial charge is 0.246 e. The molecule has 0 aliphatic rings. The zero-order valence-corrected chi connectivity index (χ0v) is 17.6. The number of carbonyl (C=O) groups is 1. The first kappa shape index (κ1) is 19.7. The van der Waals surface area contributed by atoms with Crippen LogP contribution in [0.15, 0.2) is 53.7 Å². The largest absolute Gasteiger partial charge is 0.368 e. The number of amides is 1. The number of carbonyl (C=O) groups excluding carboxylic acids is 1. The van der Waals surface area contributed by atoms with Crippen LogP contribution in [-0.4, -0.2) is 31.4 Å². The number of rotatable bonds is 7. The molecule has 7 nitrogen and oxygen atoms in total. The third kappa shape index (κ3) is 4.87. The molecule has 0 aliphatic heterocycles. The Morgan fingerprint density at radius 3 is 2.86 bits per heavy atom. The SMILES string of the molecule is Nc1nnc(SCCc2ccccc2)n1CC(=O)Nc1nc2ccc(Cl)cc2s1. The lowest BCUT2D eigenvalue weighted by atomic mass is 10.2. The minimum Gasteiger partial charge on any atom is -0.368 e. The van der Waals surface area contributed by atoms with Crippen molar-refractivity contribution >= 4 is 61.9 Å². The van der Waals surface area contributed by atoms with Gasteiger partial charge in [0, 0.05) is 10.8 Å². The summed E-state index contributed by atoms with van der Waals surface area (Å²) in [6.07, 6.45) is 0.888. The van der Waals surface area contributed by atoms with Gasteiger partial charge in [-0.15, -0.1) is 10.2 Å². The van der Waals surface area contributed by atoms with Crippen molar-refractivity contribution in [3.8, 4) is 0 Å². The van der Waals surface area contributed by atoms with Crippen molar-refractivity contribution in [1.29, 1.82) is 0 Å². The topological polar surface area (TPSA) is 98.7 Å². The number of nitrogens with one attached hydrogen (secondary N) is 1. The Balaban J connectivity index is 1.39. The summed E-state index contributed by atoms with van der Waals surface area (Å²) < 4.78 is 2.52. The lowest BCUT2D eigenvalue weighted by Gasteiger charge is -2.07. The van der Waals surface area contributed by atoms with Crippen LogP contribution in [0.1, 0.15) is 5.56 Å². The van der Waals surface area contributed by atoms with Gasteiger partial charge in [0.15, 0.2) is 10.3 Å². The van der Waals surface area contributed by atoms with Gasteiger partial charge in [0.25, 0.3) is 0 Å². The number of fused-ring (bicyclic) bond motifs is 1. The molecule has 0 saturated carbocycles. The first-order chi connectivity index (χ1) is 14.1. The fourth-order valence-corrected chi connectivity index (χ4v) is 4.81. The average Bonchev–Trinajstić information content (AvgIpc) is 3.25. The van der Waals surface area contributed by atoms with Gasteiger partial charge in [-0.25, -0.2) is 4.98 Å². The summed E-state index contributed by atoms with van der Waals surface area (Å²) in [4.78, 5) is 16.9. The van der Waals surface area contributed by atoms with Gasteiger partial charge in [-0.05, 0) is 30.2 Å². The van der Waals surface area contributed by atoms with Gasteiger partial charge in [-0.1, -0.05) is 65.0 Å². The normalized spacial score (nSPS) is 11.1. The van der Waals surface area contributed by atoms with Crippen LogP contribution in [-0.2, 0) is 17.8 Å². The van der Waals surface area contributed by atoms with Crippen molar-refractivity contribution in [1.82, 2.24) is 19.7 Å². The summed E-state index contributed by atoms with van der Waals surface area (Å²) in [5.41, 5.74) is 7.94. The van der Waals surface area contributed by atoms with E-state index in [1.165, 1.54) is 28.7 Å². The zero-order valence-electron chi connectivity index (χ0n) is 15.2. The van der Waals surface area contributed by atoms with Crippen molar-refractivity contribution < 1.29 is 4.79 Å². The van der Waals surface area contributed by atoms with Gasteiger partial charge in [0.2, 0.25) is 11.9 Å². The number of hydrogen-bond donors (Lipinski definition) is 2. The maximum atomic E-state index is 12.5. The number of aryl methyl sites for hydroxylation is 1. The molecule has 2 heterocycles. The second-order valence-electron chi connectivity index (χ2n) is 6.19. The fourth-order valence-electron chi connectivity index (χ4n) is 2.71. The molecular formula is C19H17ClN6OS2. The van der Waals surface area contributed by atoms with E-state index in [4.69, 9.17) is 17.3 Å². The molecule has 29 heavy (non-hydrogen) atoms. The highest BCUT2D eigenvalue weighted by Gasteiger charge is 2.15. The van der Waals surface area contributed by atoms with Crippen molar-refractivity contribution in [3.05, 3.63) is 59.1 Å². The lowest BCUT2D eigenvalue weighted by Crippen LogP contribution is -2.20. The molecule has 0 bridgehead atoms. The number of thiazole rings is 1. The van der Waals surface area contributed by atoms with E-state index in [9.17, 15) is 4.79 Å². The molecule has 4 aromatic rings. The Morgan fingerprint density at radius 2 is 2.03 bits per heavy atom. The Kier molecular flexibility index (Phi) is 5.98. The number of thioether (sulfide) groups is 1. The molecule has 148 valence electrons. The highest BCUT2D eigenvalue weighted by atomic mass is 35.5. The molecular weight excluding hydrogens is 428 g/mol. The van der Waals surface area contributed by atoms with Crippen LogP contribution in [0.2, 0.25) is 5.02 Å². The quantitative estimate of drug-likeness (QED) is 0.416. The molecule has 4 rings (SSSR count). The third-order valence-corrected chi connectivity index (χ3v) is 6.25. The number of hydrogen-bond acceptors (Lipinski definition) is 7. The van der Waals surface area contributed by atoms with Crippen LogP contribution in [0.5, 0.6) is 0 Å². The van der Waals surface area contributed by atoms with E-state index in [-0.39, 0.29) is 18.4 Å². The minimum atomic E-state index is -0.244. The Hall–Kier alpha value is -2.62. The van der Waals surface area contributed by atoms with E-state index in [0.29, 0.717) is 15.3 Å². The number of nitrogens with zero attached hydrogens (tertiary/aromatic N) is 4. The number of benzene rings is 2. The highest BCUT2D eigenvalue weighted by Crippen LogP contribution is 2.28. The number of halogens is 1. The van der Waals surface area contributed by atoms with E-state index in [2.05, 4.69) is 32.6 Å². The Bertz CT molecular complexity index is 1140. The van der Waals surface area contributed by atoms with Crippen LogP contribution in [0.4, 0.5) is 11.1 Å². The summed E-state index contributed by atoms with van der Waals surface area (Å²) in [6, 6.07) is 15.6. The maximum absolute atomic E-state index is 12.5. The molecule has 0 saturated heterocycles. The molecule has 0 atom stereocenters. The average molecular weight is 445 g/mol. The third-order valence-electron chi connectivity index (χ3n) is 4.11. The molecule has 0 aliphatic carbocycles. The van der Waals surface area contributed by atoms with Gasteiger partial charge in [0.05, 0.1) is 10.2 Å². The molecule has 2 aromatic carbocycles. The molecule has 0 radical (unpaired) electrons. The number of anilines is 2. The van der Waals surface area contributed by atoms with Crippen molar-refractivity contribution in [2.45, 2.75) is 18.1 Å².